The predicted molar refractivity (Wildman–Crippen MR) is 82.7 cm³/mol. The quantitative estimate of drug-likeness (QED) is 0.848. The molecule has 1 aliphatic carbocycles. The second-order valence-corrected chi connectivity index (χ2v) is 5.81. The SMILES string of the molecule is O=C(Nc1ccc(Br)nc1)C1CCCc2ccccc21. The Morgan fingerprint density at radius 2 is 2.10 bits per heavy atom. The number of nitrogens with zero attached hydrogens (tertiary/aromatic N) is 1. The Labute approximate surface area is 126 Å². The zero-order valence-corrected chi connectivity index (χ0v) is 12.6. The van der Waals surface area contributed by atoms with Crippen molar-refractivity contribution in [1.82, 2.24) is 4.98 Å². The summed E-state index contributed by atoms with van der Waals surface area (Å²) >= 11 is 3.29. The summed E-state index contributed by atoms with van der Waals surface area (Å²) in [6, 6.07) is 11.9. The third-order valence-electron chi connectivity index (χ3n) is 3.68. The first-order chi connectivity index (χ1) is 9.74. The Balaban J connectivity index is 1.80. The summed E-state index contributed by atoms with van der Waals surface area (Å²) in [6.07, 6.45) is 4.71. The molecule has 1 aromatic carbocycles. The molecule has 3 nitrogen and oxygen atoms in total. The fraction of sp³-hybridized carbons (Fsp3) is 0.250. The van der Waals surface area contributed by atoms with Crippen molar-refractivity contribution in [2.24, 2.45) is 0 Å². The number of hydrogen-bond donors (Lipinski definition) is 1. The molecule has 1 atom stereocenters. The lowest BCUT2D eigenvalue weighted by molar-refractivity contribution is -0.117. The Kier molecular flexibility index (Phi) is 3.83. The molecule has 0 saturated heterocycles. The van der Waals surface area contributed by atoms with Crippen molar-refractivity contribution < 1.29 is 4.79 Å². The van der Waals surface area contributed by atoms with E-state index in [1.54, 1.807) is 6.20 Å². The zero-order valence-electron chi connectivity index (χ0n) is 11.0. The van der Waals surface area contributed by atoms with E-state index in [-0.39, 0.29) is 11.8 Å². The first-order valence-electron chi connectivity index (χ1n) is 6.74. The number of amides is 1. The number of rotatable bonds is 2. The highest BCUT2D eigenvalue weighted by Gasteiger charge is 2.26. The highest BCUT2D eigenvalue weighted by atomic mass is 79.9. The van der Waals surface area contributed by atoms with Gasteiger partial charge in [0.2, 0.25) is 5.91 Å². The van der Waals surface area contributed by atoms with E-state index < -0.39 is 0 Å². The maximum atomic E-state index is 12.5. The zero-order chi connectivity index (χ0) is 13.9. The van der Waals surface area contributed by atoms with Crippen molar-refractivity contribution in [1.29, 1.82) is 0 Å². The van der Waals surface area contributed by atoms with Crippen LogP contribution in [-0.2, 0) is 11.2 Å². The van der Waals surface area contributed by atoms with Crippen LogP contribution >= 0.6 is 15.9 Å². The number of pyridine rings is 1. The summed E-state index contributed by atoms with van der Waals surface area (Å²) in [7, 11) is 0. The van der Waals surface area contributed by atoms with E-state index in [0.717, 1.165) is 29.6 Å². The molecule has 1 unspecified atom stereocenters. The fourth-order valence-electron chi connectivity index (χ4n) is 2.71. The standard InChI is InChI=1S/C16H15BrN2O/c17-15-9-8-12(10-18-15)19-16(20)14-7-3-5-11-4-1-2-6-13(11)14/h1-2,4,6,8-10,14H,3,5,7H2,(H,19,20). The summed E-state index contributed by atoms with van der Waals surface area (Å²) in [5.41, 5.74) is 3.20. The number of aryl methyl sites for hydroxylation is 1. The lowest BCUT2D eigenvalue weighted by Crippen LogP contribution is -2.24. The number of carbonyl (C=O) groups excluding carboxylic acids is 1. The number of fused-ring (bicyclic) bond motifs is 1. The molecule has 0 fully saturated rings. The number of benzene rings is 1. The number of hydrogen-bond acceptors (Lipinski definition) is 2. The predicted octanol–water partition coefficient (Wildman–Crippen LogP) is 3.90. The van der Waals surface area contributed by atoms with Gasteiger partial charge < -0.3 is 5.32 Å². The van der Waals surface area contributed by atoms with Crippen molar-refractivity contribution in [3.8, 4) is 0 Å². The molecule has 0 radical (unpaired) electrons. The molecule has 1 aromatic heterocycles. The molecule has 1 N–H and O–H groups in total. The first kappa shape index (κ1) is 13.3. The van der Waals surface area contributed by atoms with Crippen LogP contribution < -0.4 is 5.32 Å². The Bertz CT molecular complexity index is 625. The summed E-state index contributed by atoms with van der Waals surface area (Å²) in [6.45, 7) is 0. The largest absolute Gasteiger partial charge is 0.324 e. The highest BCUT2D eigenvalue weighted by molar-refractivity contribution is 9.10. The van der Waals surface area contributed by atoms with Crippen LogP contribution in [0.3, 0.4) is 0 Å². The van der Waals surface area contributed by atoms with Crippen LogP contribution in [0.25, 0.3) is 0 Å². The topological polar surface area (TPSA) is 42.0 Å². The van der Waals surface area contributed by atoms with Gasteiger partial charge in [0.1, 0.15) is 4.60 Å². The van der Waals surface area contributed by atoms with E-state index in [0.29, 0.717) is 0 Å². The van der Waals surface area contributed by atoms with E-state index >= 15 is 0 Å². The maximum absolute atomic E-state index is 12.5. The molecule has 102 valence electrons. The molecule has 2 aromatic rings. The molecule has 1 aliphatic rings. The van der Waals surface area contributed by atoms with Crippen LogP contribution in [0, 0.1) is 0 Å². The summed E-state index contributed by atoms with van der Waals surface area (Å²) in [5, 5.41) is 2.96. The van der Waals surface area contributed by atoms with E-state index in [4.69, 9.17) is 0 Å². The second-order valence-electron chi connectivity index (χ2n) is 5.00. The minimum Gasteiger partial charge on any atom is -0.324 e. The van der Waals surface area contributed by atoms with Gasteiger partial charge in [-0.05, 0) is 58.5 Å². The molecule has 20 heavy (non-hydrogen) atoms. The van der Waals surface area contributed by atoms with Crippen molar-refractivity contribution >= 4 is 27.5 Å². The molecule has 1 amide bonds. The number of halogens is 1. The maximum Gasteiger partial charge on any atom is 0.231 e. The average Bonchev–Trinajstić information content (AvgIpc) is 2.49. The van der Waals surface area contributed by atoms with Gasteiger partial charge >= 0.3 is 0 Å². The van der Waals surface area contributed by atoms with Gasteiger partial charge in [-0.1, -0.05) is 24.3 Å². The third-order valence-corrected chi connectivity index (χ3v) is 4.15. The van der Waals surface area contributed by atoms with E-state index in [9.17, 15) is 4.79 Å². The van der Waals surface area contributed by atoms with Gasteiger partial charge in [0, 0.05) is 0 Å². The van der Waals surface area contributed by atoms with Gasteiger partial charge in [-0.15, -0.1) is 0 Å². The van der Waals surface area contributed by atoms with Crippen LogP contribution in [0.5, 0.6) is 0 Å². The fourth-order valence-corrected chi connectivity index (χ4v) is 2.94. The number of aromatic nitrogens is 1. The van der Waals surface area contributed by atoms with E-state index in [2.05, 4.69) is 38.4 Å². The second kappa shape index (κ2) is 5.75. The van der Waals surface area contributed by atoms with Crippen LogP contribution in [-0.4, -0.2) is 10.9 Å². The van der Waals surface area contributed by atoms with Crippen molar-refractivity contribution in [2.45, 2.75) is 25.2 Å². The molecule has 4 heteroatoms. The monoisotopic (exact) mass is 330 g/mol. The minimum absolute atomic E-state index is 0.0522. The molecular formula is C16H15BrN2O. The van der Waals surface area contributed by atoms with Gasteiger partial charge in [0.25, 0.3) is 0 Å². The van der Waals surface area contributed by atoms with Crippen LogP contribution in [0.4, 0.5) is 5.69 Å². The van der Waals surface area contributed by atoms with Crippen molar-refractivity contribution in [3.63, 3.8) is 0 Å². The van der Waals surface area contributed by atoms with Crippen LogP contribution in [0.15, 0.2) is 47.2 Å². The highest BCUT2D eigenvalue weighted by Crippen LogP contribution is 2.32. The first-order valence-corrected chi connectivity index (χ1v) is 7.53. The summed E-state index contributed by atoms with van der Waals surface area (Å²) in [5.74, 6) is 0.00451. The van der Waals surface area contributed by atoms with Gasteiger partial charge in [-0.2, -0.15) is 0 Å². The molecule has 0 spiro atoms. The van der Waals surface area contributed by atoms with Crippen molar-refractivity contribution in [2.75, 3.05) is 5.32 Å². The van der Waals surface area contributed by atoms with Gasteiger partial charge in [0.05, 0.1) is 17.8 Å². The van der Waals surface area contributed by atoms with Gasteiger partial charge in [-0.25, -0.2) is 4.98 Å². The van der Waals surface area contributed by atoms with Gasteiger partial charge in [0.15, 0.2) is 0 Å². The number of nitrogens with one attached hydrogen (secondary N) is 1. The lowest BCUT2D eigenvalue weighted by Gasteiger charge is -2.24. The molecular weight excluding hydrogens is 316 g/mol. The smallest absolute Gasteiger partial charge is 0.231 e. The normalized spacial score (nSPS) is 17.4. The van der Waals surface area contributed by atoms with E-state index in [1.165, 1.54) is 11.1 Å². The van der Waals surface area contributed by atoms with Gasteiger partial charge in [-0.3, -0.25) is 4.79 Å². The third kappa shape index (κ3) is 2.75. The number of anilines is 1. The molecule has 3 rings (SSSR count). The average molecular weight is 331 g/mol. The molecule has 0 bridgehead atoms. The Hall–Kier alpha value is -1.68. The van der Waals surface area contributed by atoms with Crippen LogP contribution in [0.1, 0.15) is 29.9 Å². The molecule has 0 saturated carbocycles. The lowest BCUT2D eigenvalue weighted by atomic mass is 9.82. The Morgan fingerprint density at radius 3 is 2.90 bits per heavy atom. The minimum atomic E-state index is -0.0522. The van der Waals surface area contributed by atoms with Crippen LogP contribution in [0.2, 0.25) is 0 Å². The molecule has 0 aliphatic heterocycles. The summed E-state index contributed by atoms with van der Waals surface area (Å²) < 4.78 is 0.763. The molecule has 1 heterocycles. The van der Waals surface area contributed by atoms with Crippen molar-refractivity contribution in [3.05, 3.63) is 58.3 Å². The number of carbonyl (C=O) groups is 1. The Morgan fingerprint density at radius 1 is 1.25 bits per heavy atom. The van der Waals surface area contributed by atoms with E-state index in [1.807, 2.05) is 24.3 Å². The summed E-state index contributed by atoms with van der Waals surface area (Å²) in [4.78, 5) is 16.6.